The summed E-state index contributed by atoms with van der Waals surface area (Å²) in [6, 6.07) is 12.5. The fourth-order valence-electron chi connectivity index (χ4n) is 4.05. The summed E-state index contributed by atoms with van der Waals surface area (Å²) in [5.41, 5.74) is 1.41. The molecule has 6 nitrogen and oxygen atoms in total. The van der Waals surface area contributed by atoms with Gasteiger partial charge in [-0.2, -0.15) is 0 Å². The molecule has 2 aromatic carbocycles. The normalized spacial score (nSPS) is 18.0. The Hall–Kier alpha value is -2.73. The lowest BCUT2D eigenvalue weighted by Crippen LogP contribution is -2.36. The van der Waals surface area contributed by atoms with Gasteiger partial charge in [0.2, 0.25) is 5.91 Å². The fraction of sp³-hybridized carbons (Fsp3) is 0.417. The molecule has 1 fully saturated rings. The van der Waals surface area contributed by atoms with Crippen LogP contribution in [0.3, 0.4) is 0 Å². The van der Waals surface area contributed by atoms with Gasteiger partial charge in [0.05, 0.1) is 20.1 Å². The van der Waals surface area contributed by atoms with Crippen LogP contribution >= 0.6 is 11.6 Å². The second-order valence-electron chi connectivity index (χ2n) is 7.66. The number of rotatable bonds is 8. The summed E-state index contributed by atoms with van der Waals surface area (Å²) in [6.07, 6.45) is 1.91. The van der Waals surface area contributed by atoms with Gasteiger partial charge >= 0.3 is 0 Å². The monoisotopic (exact) mass is 444 g/mol. The number of benzene rings is 2. The first kappa shape index (κ1) is 22.9. The van der Waals surface area contributed by atoms with Crippen molar-refractivity contribution in [1.29, 1.82) is 0 Å². The van der Waals surface area contributed by atoms with E-state index in [1.54, 1.807) is 43.4 Å². The van der Waals surface area contributed by atoms with E-state index in [-0.39, 0.29) is 23.7 Å². The van der Waals surface area contributed by atoms with E-state index in [0.29, 0.717) is 41.7 Å². The first-order valence-electron chi connectivity index (χ1n) is 10.5. The van der Waals surface area contributed by atoms with Crippen LogP contribution in [0, 0.1) is 5.92 Å². The maximum Gasteiger partial charge on any atom is 0.253 e. The summed E-state index contributed by atoms with van der Waals surface area (Å²) >= 11 is 5.96. The average molecular weight is 445 g/mol. The standard InChI is InChI=1S/C24H29ClN2O4/c1-4-5-13-26-23(28)20-15-27(24(29)16-9-11-17(25)12-10-16)14-19(20)18-7-6-8-21(30-2)22(18)31-3/h6-12,19-20H,4-5,13-15H2,1-3H3,(H,26,28)/t19-,20-/m1/s1. The number of carbonyl (C=O) groups excluding carboxylic acids is 2. The van der Waals surface area contributed by atoms with Crippen molar-refractivity contribution < 1.29 is 19.1 Å². The number of ether oxygens (including phenoxy) is 2. The fourth-order valence-corrected chi connectivity index (χ4v) is 4.17. The van der Waals surface area contributed by atoms with Gasteiger partial charge < -0.3 is 19.7 Å². The predicted octanol–water partition coefficient (Wildman–Crippen LogP) is 4.13. The number of likely N-dealkylation sites (tertiary alicyclic amines) is 1. The van der Waals surface area contributed by atoms with Crippen molar-refractivity contribution in [3.8, 4) is 11.5 Å². The van der Waals surface area contributed by atoms with E-state index in [9.17, 15) is 9.59 Å². The van der Waals surface area contributed by atoms with Gasteiger partial charge in [-0.1, -0.05) is 37.1 Å². The van der Waals surface area contributed by atoms with Crippen molar-refractivity contribution in [2.45, 2.75) is 25.7 Å². The molecule has 0 aliphatic carbocycles. The number of nitrogens with one attached hydrogen (secondary N) is 1. The van der Waals surface area contributed by atoms with Crippen LogP contribution in [0.1, 0.15) is 41.6 Å². The SMILES string of the molecule is CCCCNC(=O)[C@@H]1CN(C(=O)c2ccc(Cl)cc2)C[C@@H]1c1cccc(OC)c1OC. The van der Waals surface area contributed by atoms with Crippen LogP contribution in [0.25, 0.3) is 0 Å². The zero-order chi connectivity index (χ0) is 22.4. The Morgan fingerprint density at radius 3 is 2.48 bits per heavy atom. The van der Waals surface area contributed by atoms with E-state index >= 15 is 0 Å². The highest BCUT2D eigenvalue weighted by Gasteiger charge is 2.42. The lowest BCUT2D eigenvalue weighted by atomic mass is 9.87. The second-order valence-corrected chi connectivity index (χ2v) is 8.09. The van der Waals surface area contributed by atoms with Gasteiger partial charge in [0.25, 0.3) is 5.91 Å². The Labute approximate surface area is 188 Å². The van der Waals surface area contributed by atoms with E-state index in [1.165, 1.54) is 0 Å². The molecule has 0 bridgehead atoms. The molecule has 0 aromatic heterocycles. The van der Waals surface area contributed by atoms with Crippen LogP contribution in [0.15, 0.2) is 42.5 Å². The number of hydrogen-bond acceptors (Lipinski definition) is 4. The molecule has 2 atom stereocenters. The van der Waals surface area contributed by atoms with Gasteiger partial charge in [-0.15, -0.1) is 0 Å². The van der Waals surface area contributed by atoms with Gasteiger partial charge in [0.15, 0.2) is 11.5 Å². The molecule has 1 N–H and O–H groups in total. The number of nitrogens with zero attached hydrogens (tertiary/aromatic N) is 1. The van der Waals surface area contributed by atoms with Crippen LogP contribution in [0.5, 0.6) is 11.5 Å². The molecule has 1 heterocycles. The van der Waals surface area contributed by atoms with E-state index in [1.807, 2.05) is 18.2 Å². The highest BCUT2D eigenvalue weighted by molar-refractivity contribution is 6.30. The van der Waals surface area contributed by atoms with Gasteiger partial charge in [0, 0.05) is 41.7 Å². The summed E-state index contributed by atoms with van der Waals surface area (Å²) < 4.78 is 11.1. The minimum atomic E-state index is -0.380. The molecule has 1 aliphatic rings. The Morgan fingerprint density at radius 1 is 1.10 bits per heavy atom. The van der Waals surface area contributed by atoms with Crippen molar-refractivity contribution >= 4 is 23.4 Å². The molecule has 1 saturated heterocycles. The predicted molar refractivity (Wildman–Crippen MR) is 121 cm³/mol. The number of hydrogen-bond donors (Lipinski definition) is 1. The molecular formula is C24H29ClN2O4. The quantitative estimate of drug-likeness (QED) is 0.621. The Morgan fingerprint density at radius 2 is 1.84 bits per heavy atom. The third-order valence-corrected chi connectivity index (χ3v) is 5.95. The summed E-state index contributed by atoms with van der Waals surface area (Å²) in [7, 11) is 3.17. The number of carbonyl (C=O) groups is 2. The molecule has 0 unspecified atom stereocenters. The highest BCUT2D eigenvalue weighted by atomic mass is 35.5. The minimum Gasteiger partial charge on any atom is -0.493 e. The lowest BCUT2D eigenvalue weighted by molar-refractivity contribution is -0.124. The summed E-state index contributed by atoms with van der Waals surface area (Å²) in [4.78, 5) is 27.9. The maximum atomic E-state index is 13.1. The number of amides is 2. The molecule has 166 valence electrons. The number of unbranched alkanes of at least 4 members (excludes halogenated alkanes) is 1. The molecule has 0 saturated carbocycles. The third-order valence-electron chi connectivity index (χ3n) is 5.70. The van der Waals surface area contributed by atoms with Crippen LogP contribution < -0.4 is 14.8 Å². The zero-order valence-corrected chi connectivity index (χ0v) is 18.9. The highest BCUT2D eigenvalue weighted by Crippen LogP contribution is 2.42. The van der Waals surface area contributed by atoms with Gasteiger partial charge in [-0.25, -0.2) is 0 Å². The van der Waals surface area contributed by atoms with E-state index in [2.05, 4.69) is 12.2 Å². The summed E-state index contributed by atoms with van der Waals surface area (Å²) in [6.45, 7) is 3.46. The van der Waals surface area contributed by atoms with Crippen LogP contribution in [-0.4, -0.2) is 50.6 Å². The Bertz CT molecular complexity index is 916. The van der Waals surface area contributed by atoms with Crippen molar-refractivity contribution in [2.75, 3.05) is 33.9 Å². The Kier molecular flexibility index (Phi) is 7.80. The van der Waals surface area contributed by atoms with Crippen LogP contribution in [-0.2, 0) is 4.79 Å². The number of halogens is 1. The minimum absolute atomic E-state index is 0.0465. The van der Waals surface area contributed by atoms with E-state index < -0.39 is 0 Å². The van der Waals surface area contributed by atoms with Crippen molar-refractivity contribution in [3.63, 3.8) is 0 Å². The number of methoxy groups -OCH3 is 2. The zero-order valence-electron chi connectivity index (χ0n) is 18.2. The average Bonchev–Trinajstić information content (AvgIpc) is 3.24. The molecule has 7 heteroatoms. The Balaban J connectivity index is 1.91. The largest absolute Gasteiger partial charge is 0.493 e. The molecule has 31 heavy (non-hydrogen) atoms. The van der Waals surface area contributed by atoms with Crippen molar-refractivity contribution in [3.05, 3.63) is 58.6 Å². The summed E-state index contributed by atoms with van der Waals surface area (Å²) in [5.74, 6) is 0.453. The molecule has 0 spiro atoms. The van der Waals surface area contributed by atoms with Crippen LogP contribution in [0.2, 0.25) is 5.02 Å². The topological polar surface area (TPSA) is 67.9 Å². The number of para-hydroxylation sites is 1. The van der Waals surface area contributed by atoms with Gasteiger partial charge in [-0.05, 0) is 36.8 Å². The third kappa shape index (κ3) is 5.13. The van der Waals surface area contributed by atoms with E-state index in [0.717, 1.165) is 18.4 Å². The first-order chi connectivity index (χ1) is 15.0. The second kappa shape index (κ2) is 10.5. The smallest absolute Gasteiger partial charge is 0.253 e. The molecular weight excluding hydrogens is 416 g/mol. The van der Waals surface area contributed by atoms with Crippen molar-refractivity contribution in [1.82, 2.24) is 10.2 Å². The lowest BCUT2D eigenvalue weighted by Gasteiger charge is -2.21. The van der Waals surface area contributed by atoms with Gasteiger partial charge in [0.1, 0.15) is 0 Å². The summed E-state index contributed by atoms with van der Waals surface area (Å²) in [5, 5.41) is 3.61. The van der Waals surface area contributed by atoms with Crippen molar-refractivity contribution in [2.24, 2.45) is 5.92 Å². The first-order valence-corrected chi connectivity index (χ1v) is 10.9. The van der Waals surface area contributed by atoms with Gasteiger partial charge in [-0.3, -0.25) is 9.59 Å². The van der Waals surface area contributed by atoms with E-state index in [4.69, 9.17) is 21.1 Å². The maximum absolute atomic E-state index is 13.1. The molecule has 3 rings (SSSR count). The molecule has 1 aliphatic heterocycles. The molecule has 2 aromatic rings. The molecule has 2 amide bonds. The molecule has 0 radical (unpaired) electrons. The van der Waals surface area contributed by atoms with Crippen LogP contribution in [0.4, 0.5) is 0 Å².